The quantitative estimate of drug-likeness (QED) is 0.330. The van der Waals surface area contributed by atoms with Crippen LogP contribution < -0.4 is 0 Å². The fourth-order valence-corrected chi connectivity index (χ4v) is 2.07. The van der Waals surface area contributed by atoms with Crippen molar-refractivity contribution in [3.63, 3.8) is 0 Å². The molecule has 130 valence electrons. The Labute approximate surface area is 133 Å². The predicted molar refractivity (Wildman–Crippen MR) is 90.4 cm³/mol. The molecule has 0 aliphatic carbocycles. The molecular formula is C16H37NO3S. The lowest BCUT2D eigenvalue weighted by Gasteiger charge is -2.23. The molecule has 0 heterocycles. The van der Waals surface area contributed by atoms with E-state index >= 15 is 0 Å². The molecular weight excluding hydrogens is 286 g/mol. The van der Waals surface area contributed by atoms with E-state index in [1.165, 1.54) is 70.8 Å². The van der Waals surface area contributed by atoms with E-state index in [0.29, 0.717) is 6.26 Å². The first-order valence-electron chi connectivity index (χ1n) is 8.27. The summed E-state index contributed by atoms with van der Waals surface area (Å²) in [6, 6.07) is 0. The maximum atomic E-state index is 9.08. The van der Waals surface area contributed by atoms with Crippen molar-refractivity contribution in [1.82, 2.24) is 0 Å². The van der Waals surface area contributed by atoms with E-state index in [1.807, 2.05) is 0 Å². The zero-order valence-electron chi connectivity index (χ0n) is 14.9. The van der Waals surface area contributed by atoms with Gasteiger partial charge in [0.25, 0.3) is 0 Å². The first-order chi connectivity index (χ1) is 9.56. The van der Waals surface area contributed by atoms with Gasteiger partial charge < -0.3 is 9.04 Å². The van der Waals surface area contributed by atoms with Crippen LogP contribution in [0.2, 0.25) is 0 Å². The van der Waals surface area contributed by atoms with Gasteiger partial charge in [0, 0.05) is 6.26 Å². The third-order valence-corrected chi connectivity index (χ3v) is 3.18. The first-order valence-corrected chi connectivity index (χ1v) is 10.1. The minimum atomic E-state index is -3.92. The molecule has 0 aromatic carbocycles. The van der Waals surface area contributed by atoms with Crippen molar-refractivity contribution in [2.45, 2.75) is 71.1 Å². The van der Waals surface area contributed by atoms with Crippen LogP contribution in [-0.2, 0) is 10.1 Å². The van der Waals surface area contributed by atoms with Gasteiger partial charge in [-0.25, -0.2) is 8.42 Å². The second-order valence-electron chi connectivity index (χ2n) is 6.90. The van der Waals surface area contributed by atoms with Crippen LogP contribution >= 0.6 is 0 Å². The highest BCUT2D eigenvalue weighted by molar-refractivity contribution is 7.84. The number of quaternary nitrogens is 1. The number of hydrogen-bond donors (Lipinski definition) is 0. The SMILES string of the molecule is CCCCCCCCCCCC[N+](C)(C)C.CS(=O)(=O)[O-]. The molecule has 0 spiro atoms. The Kier molecular flexibility index (Phi) is 14.9. The largest absolute Gasteiger partial charge is 0.748 e. The zero-order valence-corrected chi connectivity index (χ0v) is 15.7. The summed E-state index contributed by atoms with van der Waals surface area (Å²) in [5, 5.41) is 0. The average Bonchev–Trinajstić information content (AvgIpc) is 2.28. The minimum absolute atomic E-state index is 0.604. The molecule has 0 radical (unpaired) electrons. The molecule has 0 aromatic rings. The van der Waals surface area contributed by atoms with Gasteiger partial charge in [-0.15, -0.1) is 0 Å². The van der Waals surface area contributed by atoms with Gasteiger partial charge in [-0.1, -0.05) is 58.3 Å². The van der Waals surface area contributed by atoms with Crippen molar-refractivity contribution < 1.29 is 17.5 Å². The molecule has 0 amide bonds. The normalized spacial score (nSPS) is 11.9. The monoisotopic (exact) mass is 323 g/mol. The summed E-state index contributed by atoms with van der Waals surface area (Å²) in [5.41, 5.74) is 0. The number of hydrogen-bond acceptors (Lipinski definition) is 3. The Morgan fingerprint density at radius 3 is 1.33 bits per heavy atom. The Hall–Kier alpha value is -0.130. The van der Waals surface area contributed by atoms with E-state index < -0.39 is 10.1 Å². The van der Waals surface area contributed by atoms with Gasteiger partial charge in [-0.2, -0.15) is 0 Å². The lowest BCUT2D eigenvalue weighted by molar-refractivity contribution is -0.870. The van der Waals surface area contributed by atoms with Crippen LogP contribution in [0.25, 0.3) is 0 Å². The highest BCUT2D eigenvalue weighted by atomic mass is 32.2. The molecule has 4 nitrogen and oxygen atoms in total. The summed E-state index contributed by atoms with van der Waals surface area (Å²) in [4.78, 5) is 0. The molecule has 0 fully saturated rings. The molecule has 0 saturated carbocycles. The smallest absolute Gasteiger partial charge is 0.0916 e. The Balaban J connectivity index is 0. The summed E-state index contributed by atoms with van der Waals surface area (Å²) in [6.45, 7) is 3.62. The van der Waals surface area contributed by atoms with Crippen LogP contribution in [0, 0.1) is 0 Å². The fourth-order valence-electron chi connectivity index (χ4n) is 2.07. The van der Waals surface area contributed by atoms with Gasteiger partial charge in [-0.3, -0.25) is 0 Å². The van der Waals surface area contributed by atoms with Crippen LogP contribution in [-0.4, -0.2) is 51.4 Å². The number of rotatable bonds is 11. The minimum Gasteiger partial charge on any atom is -0.748 e. The van der Waals surface area contributed by atoms with Crippen LogP contribution in [0.1, 0.15) is 71.1 Å². The highest BCUT2D eigenvalue weighted by Gasteiger charge is 2.04. The fraction of sp³-hybridized carbons (Fsp3) is 1.00. The number of nitrogens with zero attached hydrogens (tertiary/aromatic N) is 1. The topological polar surface area (TPSA) is 57.2 Å². The summed E-state index contributed by atoms with van der Waals surface area (Å²) >= 11 is 0. The molecule has 0 unspecified atom stereocenters. The van der Waals surface area contributed by atoms with E-state index in [1.54, 1.807) is 0 Å². The standard InChI is InChI=1S/C15H34N.CH4O3S/c1-5-6-7-8-9-10-11-12-13-14-15-16(2,3)4;1-5(2,3)4/h5-15H2,1-4H3;1H3,(H,2,3,4)/q+1;/p-1. The summed E-state index contributed by atoms with van der Waals surface area (Å²) in [6.07, 6.45) is 15.0. The van der Waals surface area contributed by atoms with Crippen LogP contribution in [0.4, 0.5) is 0 Å². The second kappa shape index (κ2) is 13.5. The zero-order chi connectivity index (χ0) is 16.8. The van der Waals surface area contributed by atoms with Gasteiger partial charge >= 0.3 is 0 Å². The second-order valence-corrected chi connectivity index (χ2v) is 8.31. The van der Waals surface area contributed by atoms with E-state index in [2.05, 4.69) is 28.1 Å². The molecule has 0 aliphatic heterocycles. The van der Waals surface area contributed by atoms with Gasteiger partial charge in [0.05, 0.1) is 37.8 Å². The predicted octanol–water partition coefficient (Wildman–Crippen LogP) is 3.77. The number of unbranched alkanes of at least 4 members (excludes halogenated alkanes) is 9. The molecule has 5 heteroatoms. The van der Waals surface area contributed by atoms with Crippen molar-refractivity contribution in [2.24, 2.45) is 0 Å². The van der Waals surface area contributed by atoms with Gasteiger partial charge in [-0.05, 0) is 12.8 Å². The molecule has 21 heavy (non-hydrogen) atoms. The first kappa shape index (κ1) is 23.1. The molecule has 0 bridgehead atoms. The molecule has 0 saturated heterocycles. The molecule has 0 rings (SSSR count). The summed E-state index contributed by atoms with van der Waals surface area (Å²) < 4.78 is 28.4. The Morgan fingerprint density at radius 1 is 0.762 bits per heavy atom. The van der Waals surface area contributed by atoms with E-state index in [4.69, 9.17) is 13.0 Å². The van der Waals surface area contributed by atoms with E-state index in [0.717, 1.165) is 4.48 Å². The maximum absolute atomic E-state index is 9.08. The lowest BCUT2D eigenvalue weighted by atomic mass is 10.1. The van der Waals surface area contributed by atoms with Crippen LogP contribution in [0.15, 0.2) is 0 Å². The van der Waals surface area contributed by atoms with Crippen LogP contribution in [0.5, 0.6) is 0 Å². The summed E-state index contributed by atoms with van der Waals surface area (Å²) in [7, 11) is 2.94. The van der Waals surface area contributed by atoms with Crippen molar-refractivity contribution in [1.29, 1.82) is 0 Å². The molecule has 0 aromatic heterocycles. The highest BCUT2D eigenvalue weighted by Crippen LogP contribution is 2.10. The van der Waals surface area contributed by atoms with Crippen molar-refractivity contribution in [3.8, 4) is 0 Å². The molecule has 0 aliphatic rings. The van der Waals surface area contributed by atoms with Crippen molar-refractivity contribution >= 4 is 10.1 Å². The van der Waals surface area contributed by atoms with E-state index in [-0.39, 0.29) is 0 Å². The van der Waals surface area contributed by atoms with Crippen molar-refractivity contribution in [2.75, 3.05) is 33.9 Å². The summed E-state index contributed by atoms with van der Waals surface area (Å²) in [5.74, 6) is 0. The maximum Gasteiger partial charge on any atom is 0.0916 e. The van der Waals surface area contributed by atoms with Gasteiger partial charge in [0.15, 0.2) is 0 Å². The lowest BCUT2D eigenvalue weighted by Crippen LogP contribution is -2.35. The van der Waals surface area contributed by atoms with Gasteiger partial charge in [0.1, 0.15) is 0 Å². The van der Waals surface area contributed by atoms with Gasteiger partial charge in [0.2, 0.25) is 0 Å². The van der Waals surface area contributed by atoms with Crippen molar-refractivity contribution in [3.05, 3.63) is 0 Å². The average molecular weight is 324 g/mol. The third kappa shape index (κ3) is 38.3. The van der Waals surface area contributed by atoms with E-state index in [9.17, 15) is 0 Å². The Bertz CT molecular complexity index is 300. The molecule has 0 atom stereocenters. The molecule has 0 N–H and O–H groups in total. The Morgan fingerprint density at radius 2 is 1.05 bits per heavy atom. The third-order valence-electron chi connectivity index (χ3n) is 3.18. The van der Waals surface area contributed by atoms with Crippen LogP contribution in [0.3, 0.4) is 0 Å².